The van der Waals surface area contributed by atoms with Gasteiger partial charge >= 0.3 is 12.1 Å². The maximum atomic E-state index is 12.8. The van der Waals surface area contributed by atoms with Gasteiger partial charge in [-0.1, -0.05) is 48.5 Å². The van der Waals surface area contributed by atoms with Crippen LogP contribution >= 0.6 is 0 Å². The van der Waals surface area contributed by atoms with Gasteiger partial charge in [0.2, 0.25) is 0 Å². The Balaban J connectivity index is 1.34. The highest BCUT2D eigenvalue weighted by Gasteiger charge is 2.29. The van der Waals surface area contributed by atoms with Crippen molar-refractivity contribution in [2.45, 2.75) is 25.2 Å². The Morgan fingerprint density at radius 1 is 0.909 bits per heavy atom. The minimum atomic E-state index is -1.03. The first-order valence-electron chi connectivity index (χ1n) is 11.4. The van der Waals surface area contributed by atoms with Gasteiger partial charge < -0.3 is 14.7 Å². The van der Waals surface area contributed by atoms with E-state index in [4.69, 9.17) is 4.74 Å². The SMILES string of the molecule is O=C(Nc1cc(C(=O)O)ccc1N1CCCCC1)OCC1c2ccccc2-c2ccccc21. The van der Waals surface area contributed by atoms with Gasteiger partial charge in [-0.15, -0.1) is 0 Å². The lowest BCUT2D eigenvalue weighted by Gasteiger charge is -2.30. The molecule has 2 aliphatic rings. The number of rotatable bonds is 5. The summed E-state index contributed by atoms with van der Waals surface area (Å²) in [6.45, 7) is 1.97. The highest BCUT2D eigenvalue weighted by molar-refractivity contribution is 5.95. The summed E-state index contributed by atoms with van der Waals surface area (Å²) in [6, 6.07) is 21.2. The number of carbonyl (C=O) groups excluding carboxylic acids is 1. The summed E-state index contributed by atoms with van der Waals surface area (Å²) < 4.78 is 5.67. The number of hydrogen-bond acceptors (Lipinski definition) is 4. The quantitative estimate of drug-likeness (QED) is 0.527. The smallest absolute Gasteiger partial charge is 0.411 e. The number of amides is 1. The maximum Gasteiger partial charge on any atom is 0.411 e. The van der Waals surface area contributed by atoms with Gasteiger partial charge in [0.25, 0.3) is 0 Å². The molecule has 0 atom stereocenters. The molecule has 2 N–H and O–H groups in total. The Labute approximate surface area is 192 Å². The normalized spacial score (nSPS) is 15.0. The largest absolute Gasteiger partial charge is 0.478 e. The predicted molar refractivity (Wildman–Crippen MR) is 128 cm³/mol. The summed E-state index contributed by atoms with van der Waals surface area (Å²) in [4.78, 5) is 26.5. The zero-order valence-corrected chi connectivity index (χ0v) is 18.3. The molecule has 1 aliphatic heterocycles. The number of piperidine rings is 1. The number of ether oxygens (including phenoxy) is 1. The van der Waals surface area contributed by atoms with Crippen molar-refractivity contribution >= 4 is 23.4 Å². The third-order valence-corrected chi connectivity index (χ3v) is 6.52. The first-order valence-corrected chi connectivity index (χ1v) is 11.4. The molecule has 0 radical (unpaired) electrons. The number of nitrogens with zero attached hydrogens (tertiary/aromatic N) is 1. The number of aromatic carboxylic acids is 1. The van der Waals surface area contributed by atoms with E-state index < -0.39 is 12.1 Å². The van der Waals surface area contributed by atoms with E-state index in [9.17, 15) is 14.7 Å². The van der Waals surface area contributed by atoms with Crippen molar-refractivity contribution in [2.75, 3.05) is 29.9 Å². The monoisotopic (exact) mass is 442 g/mol. The number of nitrogens with one attached hydrogen (secondary N) is 1. The van der Waals surface area contributed by atoms with Crippen LogP contribution in [-0.4, -0.2) is 36.9 Å². The Hall–Kier alpha value is -3.80. The number of fused-ring (bicyclic) bond motifs is 3. The summed E-state index contributed by atoms with van der Waals surface area (Å²) in [7, 11) is 0. The Morgan fingerprint density at radius 3 is 2.18 bits per heavy atom. The van der Waals surface area contributed by atoms with Crippen molar-refractivity contribution in [3.05, 3.63) is 83.4 Å². The second-order valence-corrected chi connectivity index (χ2v) is 8.54. The molecule has 33 heavy (non-hydrogen) atoms. The van der Waals surface area contributed by atoms with E-state index in [2.05, 4.69) is 34.5 Å². The van der Waals surface area contributed by atoms with Gasteiger partial charge in [-0.2, -0.15) is 0 Å². The molecule has 3 aromatic carbocycles. The van der Waals surface area contributed by atoms with Gasteiger partial charge in [-0.3, -0.25) is 5.32 Å². The summed E-state index contributed by atoms with van der Waals surface area (Å²) in [5.41, 5.74) is 6.06. The standard InChI is InChI=1S/C27H26N2O4/c30-26(31)18-12-13-25(29-14-6-1-7-15-29)24(16-18)28-27(32)33-17-23-21-10-4-2-8-19(21)20-9-3-5-11-22(20)23/h2-5,8-13,16,23H,1,6-7,14-15,17H2,(H,28,32)(H,30,31). The Morgan fingerprint density at radius 2 is 1.55 bits per heavy atom. The number of carboxylic acid groups (broad SMARTS) is 1. The van der Waals surface area contributed by atoms with E-state index in [-0.39, 0.29) is 18.1 Å². The van der Waals surface area contributed by atoms with Crippen molar-refractivity contribution in [1.29, 1.82) is 0 Å². The van der Waals surface area contributed by atoms with E-state index >= 15 is 0 Å². The average Bonchev–Trinajstić information content (AvgIpc) is 3.17. The first-order chi connectivity index (χ1) is 16.1. The highest BCUT2D eigenvalue weighted by atomic mass is 16.5. The zero-order valence-electron chi connectivity index (χ0n) is 18.3. The maximum absolute atomic E-state index is 12.8. The van der Waals surface area contributed by atoms with E-state index in [0.29, 0.717) is 5.69 Å². The Kier molecular flexibility index (Phi) is 5.73. The summed E-state index contributed by atoms with van der Waals surface area (Å²) in [6.07, 6.45) is 2.74. The van der Waals surface area contributed by atoms with E-state index in [1.54, 1.807) is 12.1 Å². The molecule has 5 rings (SSSR count). The number of benzene rings is 3. The van der Waals surface area contributed by atoms with Crippen LogP contribution in [0.15, 0.2) is 66.7 Å². The molecule has 3 aromatic rings. The molecule has 0 saturated carbocycles. The molecular formula is C27H26N2O4. The van der Waals surface area contributed by atoms with Crippen LogP contribution in [0.1, 0.15) is 46.7 Å². The fraction of sp³-hybridized carbons (Fsp3) is 0.259. The molecule has 1 aliphatic carbocycles. The molecule has 0 aromatic heterocycles. The highest BCUT2D eigenvalue weighted by Crippen LogP contribution is 2.44. The van der Waals surface area contributed by atoms with Crippen LogP contribution in [0.4, 0.5) is 16.2 Å². The summed E-state index contributed by atoms with van der Waals surface area (Å²) in [5.74, 6) is -1.06. The molecule has 168 valence electrons. The minimum Gasteiger partial charge on any atom is -0.478 e. The average molecular weight is 443 g/mol. The fourth-order valence-electron chi connectivity index (χ4n) is 4.92. The fourth-order valence-corrected chi connectivity index (χ4v) is 4.92. The zero-order chi connectivity index (χ0) is 22.8. The second kappa shape index (κ2) is 8.98. The van der Waals surface area contributed by atoms with Gasteiger partial charge in [-0.05, 0) is 59.7 Å². The van der Waals surface area contributed by atoms with Crippen LogP contribution in [0, 0.1) is 0 Å². The van der Waals surface area contributed by atoms with E-state index in [1.165, 1.54) is 23.6 Å². The van der Waals surface area contributed by atoms with Gasteiger partial charge in [-0.25, -0.2) is 9.59 Å². The number of carboxylic acids is 1. The Bertz CT molecular complexity index is 1150. The van der Waals surface area contributed by atoms with Gasteiger partial charge in [0.05, 0.1) is 16.9 Å². The van der Waals surface area contributed by atoms with Crippen molar-refractivity contribution in [3.8, 4) is 11.1 Å². The van der Waals surface area contributed by atoms with Gasteiger partial charge in [0.15, 0.2) is 0 Å². The molecule has 1 fully saturated rings. The molecular weight excluding hydrogens is 416 g/mol. The molecule has 1 heterocycles. The number of carbonyl (C=O) groups is 2. The topological polar surface area (TPSA) is 78.9 Å². The number of anilines is 2. The van der Waals surface area contributed by atoms with Crippen LogP contribution < -0.4 is 10.2 Å². The van der Waals surface area contributed by atoms with Crippen molar-refractivity contribution in [1.82, 2.24) is 0 Å². The molecule has 6 heteroatoms. The lowest BCUT2D eigenvalue weighted by Crippen LogP contribution is -2.30. The van der Waals surface area contributed by atoms with Crippen molar-refractivity contribution in [2.24, 2.45) is 0 Å². The third kappa shape index (κ3) is 4.16. The molecule has 0 spiro atoms. The van der Waals surface area contributed by atoms with Crippen LogP contribution in [-0.2, 0) is 4.74 Å². The lowest BCUT2D eigenvalue weighted by atomic mass is 9.98. The third-order valence-electron chi connectivity index (χ3n) is 6.52. The van der Waals surface area contributed by atoms with Crippen molar-refractivity contribution in [3.63, 3.8) is 0 Å². The van der Waals surface area contributed by atoms with Crippen LogP contribution in [0.25, 0.3) is 11.1 Å². The van der Waals surface area contributed by atoms with E-state index in [0.717, 1.165) is 42.7 Å². The van der Waals surface area contributed by atoms with Gasteiger partial charge in [0, 0.05) is 19.0 Å². The summed E-state index contributed by atoms with van der Waals surface area (Å²) in [5, 5.41) is 12.2. The van der Waals surface area contributed by atoms with Crippen LogP contribution in [0.2, 0.25) is 0 Å². The van der Waals surface area contributed by atoms with Crippen molar-refractivity contribution < 1.29 is 19.4 Å². The second-order valence-electron chi connectivity index (χ2n) is 8.54. The van der Waals surface area contributed by atoms with E-state index in [1.807, 2.05) is 24.3 Å². The molecule has 0 bridgehead atoms. The summed E-state index contributed by atoms with van der Waals surface area (Å²) >= 11 is 0. The molecule has 6 nitrogen and oxygen atoms in total. The molecule has 1 amide bonds. The number of hydrogen-bond donors (Lipinski definition) is 2. The predicted octanol–water partition coefficient (Wildman–Crippen LogP) is 5.74. The van der Waals surface area contributed by atoms with Crippen LogP contribution in [0.5, 0.6) is 0 Å². The first kappa shape index (κ1) is 21.1. The minimum absolute atomic E-state index is 0.0323. The van der Waals surface area contributed by atoms with Crippen LogP contribution in [0.3, 0.4) is 0 Å². The molecule has 1 saturated heterocycles. The van der Waals surface area contributed by atoms with Gasteiger partial charge in [0.1, 0.15) is 6.61 Å². The lowest BCUT2D eigenvalue weighted by molar-refractivity contribution is 0.0696. The molecule has 0 unspecified atom stereocenters.